The number of hydrogen-bond donors (Lipinski definition) is 1. The van der Waals surface area contributed by atoms with Crippen LogP contribution in [0.1, 0.15) is 0 Å². The number of hydrogen-bond acceptors (Lipinski definition) is 5. The molecule has 0 saturated heterocycles. The molecule has 104 valence electrons. The number of non-ortho nitro benzene ring substituents is 1. The lowest BCUT2D eigenvalue weighted by molar-refractivity contribution is -0.385. The number of ether oxygens (including phenoxy) is 1. The minimum absolute atomic E-state index is 0.00159. The molecule has 0 fully saturated rings. The summed E-state index contributed by atoms with van der Waals surface area (Å²) in [4.78, 5) is 9.63. The van der Waals surface area contributed by atoms with Gasteiger partial charge < -0.3 is 4.74 Å². The van der Waals surface area contributed by atoms with Gasteiger partial charge in [0.25, 0.3) is 5.69 Å². The van der Waals surface area contributed by atoms with Crippen molar-refractivity contribution in [2.24, 2.45) is 0 Å². The van der Waals surface area contributed by atoms with Crippen LogP contribution in [0.5, 0.6) is 5.75 Å². The third-order valence-corrected chi connectivity index (χ3v) is 3.66. The Morgan fingerprint density at radius 2 is 2.21 bits per heavy atom. The molecule has 19 heavy (non-hydrogen) atoms. The maximum Gasteiger partial charge on any atom is 0.271 e. The van der Waals surface area contributed by atoms with Crippen LogP contribution < -0.4 is 9.46 Å². The van der Waals surface area contributed by atoms with Crippen LogP contribution in [0.3, 0.4) is 0 Å². The Hall–Kier alpha value is -1.64. The predicted octanol–water partition coefficient (Wildman–Crippen LogP) is 1.63. The van der Waals surface area contributed by atoms with Crippen molar-refractivity contribution in [3.8, 4) is 5.75 Å². The topological polar surface area (TPSA) is 98.5 Å². The minimum atomic E-state index is -3.98. The molecule has 1 rings (SSSR count). The quantitative estimate of drug-likeness (QED) is 0.636. The van der Waals surface area contributed by atoms with Gasteiger partial charge in [-0.1, -0.05) is 18.2 Å². The summed E-state index contributed by atoms with van der Waals surface area (Å²) in [6.45, 7) is 3.15. The van der Waals surface area contributed by atoms with Crippen molar-refractivity contribution in [1.29, 1.82) is 0 Å². The summed E-state index contributed by atoms with van der Waals surface area (Å²) in [6.07, 6.45) is 0. The van der Waals surface area contributed by atoms with E-state index in [-0.39, 0.29) is 27.9 Å². The monoisotopic (exact) mass is 306 g/mol. The van der Waals surface area contributed by atoms with Gasteiger partial charge in [0.15, 0.2) is 0 Å². The molecule has 0 spiro atoms. The maximum absolute atomic E-state index is 12.0. The largest absolute Gasteiger partial charge is 0.495 e. The molecular weight excluding hydrogens is 296 g/mol. The number of benzene rings is 1. The Kier molecular flexibility index (Phi) is 4.87. The van der Waals surface area contributed by atoms with Gasteiger partial charge in [0, 0.05) is 23.7 Å². The van der Waals surface area contributed by atoms with Crippen LogP contribution in [-0.4, -0.2) is 27.0 Å². The number of rotatable bonds is 6. The molecule has 0 aliphatic rings. The van der Waals surface area contributed by atoms with Crippen LogP contribution in [0.4, 0.5) is 5.69 Å². The van der Waals surface area contributed by atoms with E-state index >= 15 is 0 Å². The molecule has 0 aromatic heterocycles. The van der Waals surface area contributed by atoms with Gasteiger partial charge in [-0.05, 0) is 6.07 Å². The molecule has 0 radical (unpaired) electrons. The molecule has 9 heteroatoms. The first-order valence-electron chi connectivity index (χ1n) is 4.93. The molecule has 0 aliphatic carbocycles. The normalized spacial score (nSPS) is 11.1. The van der Waals surface area contributed by atoms with Gasteiger partial charge in [0.05, 0.1) is 12.0 Å². The highest BCUT2D eigenvalue weighted by Crippen LogP contribution is 2.27. The van der Waals surface area contributed by atoms with Crippen LogP contribution in [0, 0.1) is 10.1 Å². The highest BCUT2D eigenvalue weighted by atomic mass is 35.5. The molecule has 1 aromatic rings. The van der Waals surface area contributed by atoms with Gasteiger partial charge in [-0.25, -0.2) is 13.1 Å². The van der Waals surface area contributed by atoms with Crippen molar-refractivity contribution >= 4 is 27.3 Å². The zero-order chi connectivity index (χ0) is 14.6. The lowest BCUT2D eigenvalue weighted by Crippen LogP contribution is -2.25. The van der Waals surface area contributed by atoms with Gasteiger partial charge in [-0.2, -0.15) is 0 Å². The number of nitrogens with one attached hydrogen (secondary N) is 1. The summed E-state index contributed by atoms with van der Waals surface area (Å²) >= 11 is 5.47. The smallest absolute Gasteiger partial charge is 0.271 e. The van der Waals surface area contributed by atoms with Crippen LogP contribution >= 0.6 is 11.6 Å². The summed E-state index contributed by atoms with van der Waals surface area (Å²) in [5.41, 5.74) is -0.356. The maximum atomic E-state index is 12.0. The first-order chi connectivity index (χ1) is 8.77. The fourth-order valence-corrected chi connectivity index (χ4v) is 2.60. The summed E-state index contributed by atoms with van der Waals surface area (Å²) in [7, 11) is -2.71. The van der Waals surface area contributed by atoms with Gasteiger partial charge in [-0.15, -0.1) is 0 Å². The van der Waals surface area contributed by atoms with E-state index in [4.69, 9.17) is 16.3 Å². The lowest BCUT2D eigenvalue weighted by Gasteiger charge is -2.10. The average molecular weight is 307 g/mol. The molecule has 0 amide bonds. The van der Waals surface area contributed by atoms with E-state index in [1.54, 1.807) is 0 Å². The number of nitro groups is 1. The Balaban J connectivity index is 3.26. The standard InChI is InChI=1S/C10H11ClN2O5S/c1-7(11)6-12-19(16,17)10-5-8(13(14)15)3-4-9(10)18-2/h3-5,12H,1,6H2,2H3. The highest BCUT2D eigenvalue weighted by Gasteiger charge is 2.22. The zero-order valence-electron chi connectivity index (χ0n) is 9.92. The first-order valence-corrected chi connectivity index (χ1v) is 6.79. The number of nitrogens with zero attached hydrogens (tertiary/aromatic N) is 1. The third kappa shape index (κ3) is 3.91. The fourth-order valence-electron chi connectivity index (χ4n) is 1.24. The summed E-state index contributed by atoms with van der Waals surface area (Å²) in [6, 6.07) is 3.28. The van der Waals surface area contributed by atoms with Gasteiger partial charge in [0.1, 0.15) is 10.6 Å². The molecule has 0 heterocycles. The van der Waals surface area contributed by atoms with E-state index in [9.17, 15) is 18.5 Å². The Morgan fingerprint density at radius 3 is 2.68 bits per heavy atom. The SMILES string of the molecule is C=C(Cl)CNS(=O)(=O)c1cc([N+](=O)[O-])ccc1OC. The van der Waals surface area contributed by atoms with Crippen molar-refractivity contribution in [1.82, 2.24) is 4.72 Å². The molecule has 0 aliphatic heterocycles. The molecule has 0 bridgehead atoms. The van der Waals surface area contributed by atoms with Crippen LogP contribution in [0.25, 0.3) is 0 Å². The average Bonchev–Trinajstić information content (AvgIpc) is 2.35. The van der Waals surface area contributed by atoms with Gasteiger partial charge in [0.2, 0.25) is 10.0 Å². The molecule has 0 unspecified atom stereocenters. The fraction of sp³-hybridized carbons (Fsp3) is 0.200. The summed E-state index contributed by atoms with van der Waals surface area (Å²) in [5, 5.41) is 10.8. The first kappa shape index (κ1) is 15.4. The summed E-state index contributed by atoms with van der Waals surface area (Å²) < 4.78 is 31.0. The molecule has 7 nitrogen and oxygen atoms in total. The molecule has 0 atom stereocenters. The molecule has 1 aromatic carbocycles. The second-order valence-electron chi connectivity index (χ2n) is 3.43. The number of sulfonamides is 1. The van der Waals surface area contributed by atoms with E-state index in [1.165, 1.54) is 13.2 Å². The van der Waals surface area contributed by atoms with Crippen molar-refractivity contribution in [2.45, 2.75) is 4.90 Å². The van der Waals surface area contributed by atoms with Crippen LogP contribution in [0.15, 0.2) is 34.7 Å². The van der Waals surface area contributed by atoms with Gasteiger partial charge in [-0.3, -0.25) is 10.1 Å². The van der Waals surface area contributed by atoms with E-state index in [1.807, 2.05) is 0 Å². The number of nitro benzene ring substituents is 1. The van der Waals surface area contributed by atoms with Gasteiger partial charge >= 0.3 is 0 Å². The van der Waals surface area contributed by atoms with Crippen molar-refractivity contribution in [3.63, 3.8) is 0 Å². The van der Waals surface area contributed by atoms with E-state index in [0.29, 0.717) is 0 Å². The van der Waals surface area contributed by atoms with E-state index in [2.05, 4.69) is 11.3 Å². The van der Waals surface area contributed by atoms with Crippen molar-refractivity contribution < 1.29 is 18.1 Å². The summed E-state index contributed by atoms with van der Waals surface area (Å²) in [5.74, 6) is -0.00159. The minimum Gasteiger partial charge on any atom is -0.495 e. The molecule has 0 saturated carbocycles. The second kappa shape index (κ2) is 6.00. The molecule has 1 N–H and O–H groups in total. The number of halogens is 1. The Bertz CT molecular complexity index is 614. The van der Waals surface area contributed by atoms with E-state index < -0.39 is 14.9 Å². The highest BCUT2D eigenvalue weighted by molar-refractivity contribution is 7.89. The van der Waals surface area contributed by atoms with Crippen molar-refractivity contribution in [2.75, 3.05) is 13.7 Å². The predicted molar refractivity (Wildman–Crippen MR) is 69.8 cm³/mol. The Labute approximate surface area is 115 Å². The van der Waals surface area contributed by atoms with Crippen molar-refractivity contribution in [3.05, 3.63) is 39.9 Å². The zero-order valence-corrected chi connectivity index (χ0v) is 11.5. The second-order valence-corrected chi connectivity index (χ2v) is 5.70. The number of methoxy groups -OCH3 is 1. The Morgan fingerprint density at radius 1 is 1.58 bits per heavy atom. The van der Waals surface area contributed by atoms with Crippen LogP contribution in [0.2, 0.25) is 0 Å². The van der Waals surface area contributed by atoms with Crippen LogP contribution in [-0.2, 0) is 10.0 Å². The lowest BCUT2D eigenvalue weighted by atomic mass is 10.3. The third-order valence-electron chi connectivity index (χ3n) is 2.10. The van der Waals surface area contributed by atoms with E-state index in [0.717, 1.165) is 12.1 Å². The molecular formula is C10H11ClN2O5S.